The van der Waals surface area contributed by atoms with Crippen molar-refractivity contribution in [3.8, 4) is 0 Å². The molecule has 1 aliphatic heterocycles. The van der Waals surface area contributed by atoms with Crippen LogP contribution in [0.1, 0.15) is 13.3 Å². The number of hydrogen-bond acceptors (Lipinski definition) is 3. The fourth-order valence-electron chi connectivity index (χ4n) is 1.85. The molecule has 1 saturated heterocycles. The first-order chi connectivity index (χ1) is 6.27. The summed E-state index contributed by atoms with van der Waals surface area (Å²) in [6.45, 7) is 5.90. The highest BCUT2D eigenvalue weighted by Crippen LogP contribution is 2.19. The van der Waals surface area contributed by atoms with E-state index >= 15 is 0 Å². The number of hydrogen-bond donors (Lipinski definition) is 0. The first-order valence-electron chi connectivity index (χ1n) is 5.07. The molecule has 2 unspecified atom stereocenters. The quantitative estimate of drug-likeness (QED) is 0.655. The molecular formula is C10H21NO2. The Hall–Kier alpha value is -0.120. The van der Waals surface area contributed by atoms with Crippen LogP contribution >= 0.6 is 0 Å². The Morgan fingerprint density at radius 1 is 1.46 bits per heavy atom. The summed E-state index contributed by atoms with van der Waals surface area (Å²) in [6, 6.07) is 0. The van der Waals surface area contributed by atoms with E-state index in [4.69, 9.17) is 9.47 Å². The van der Waals surface area contributed by atoms with E-state index in [1.807, 2.05) is 6.92 Å². The predicted molar refractivity (Wildman–Crippen MR) is 52.9 cm³/mol. The summed E-state index contributed by atoms with van der Waals surface area (Å²) in [5, 5.41) is 0. The van der Waals surface area contributed by atoms with E-state index in [2.05, 4.69) is 11.9 Å². The van der Waals surface area contributed by atoms with Gasteiger partial charge in [0.05, 0.1) is 12.7 Å². The molecule has 1 fully saturated rings. The molecule has 78 valence electrons. The number of nitrogens with zero attached hydrogens (tertiary/aromatic N) is 1. The Morgan fingerprint density at radius 2 is 2.23 bits per heavy atom. The van der Waals surface area contributed by atoms with Crippen molar-refractivity contribution in [1.29, 1.82) is 0 Å². The molecule has 0 radical (unpaired) electrons. The van der Waals surface area contributed by atoms with Gasteiger partial charge in [-0.25, -0.2) is 0 Å². The molecule has 0 aliphatic carbocycles. The molecular weight excluding hydrogens is 166 g/mol. The molecule has 0 amide bonds. The van der Waals surface area contributed by atoms with Crippen molar-refractivity contribution < 1.29 is 9.47 Å². The van der Waals surface area contributed by atoms with Crippen LogP contribution < -0.4 is 0 Å². The Balaban J connectivity index is 2.33. The maximum atomic E-state index is 5.45. The van der Waals surface area contributed by atoms with Crippen molar-refractivity contribution in [3.05, 3.63) is 0 Å². The summed E-state index contributed by atoms with van der Waals surface area (Å²) >= 11 is 0. The van der Waals surface area contributed by atoms with Crippen molar-refractivity contribution in [3.63, 3.8) is 0 Å². The van der Waals surface area contributed by atoms with Crippen LogP contribution in [-0.4, -0.2) is 51.5 Å². The highest BCUT2D eigenvalue weighted by Gasteiger charge is 2.27. The van der Waals surface area contributed by atoms with E-state index in [1.54, 1.807) is 7.11 Å². The minimum absolute atomic E-state index is 0.352. The van der Waals surface area contributed by atoms with Crippen molar-refractivity contribution in [1.82, 2.24) is 4.90 Å². The van der Waals surface area contributed by atoms with E-state index in [0.717, 1.165) is 26.3 Å². The largest absolute Gasteiger partial charge is 0.381 e. The van der Waals surface area contributed by atoms with E-state index in [9.17, 15) is 0 Å². The van der Waals surface area contributed by atoms with Crippen molar-refractivity contribution in [2.45, 2.75) is 19.4 Å². The average Bonchev–Trinajstić information content (AvgIpc) is 2.16. The van der Waals surface area contributed by atoms with Gasteiger partial charge in [-0.2, -0.15) is 0 Å². The van der Waals surface area contributed by atoms with Gasteiger partial charge in [-0.1, -0.05) is 0 Å². The van der Waals surface area contributed by atoms with Crippen molar-refractivity contribution in [2.24, 2.45) is 5.92 Å². The Bertz CT molecular complexity index is 139. The summed E-state index contributed by atoms with van der Waals surface area (Å²) in [4.78, 5) is 2.32. The molecule has 3 heteroatoms. The molecule has 0 N–H and O–H groups in total. The van der Waals surface area contributed by atoms with Gasteiger partial charge in [-0.05, 0) is 26.9 Å². The summed E-state index contributed by atoms with van der Waals surface area (Å²) < 4.78 is 10.9. The molecule has 0 aromatic heterocycles. The number of ether oxygens (including phenoxy) is 2. The van der Waals surface area contributed by atoms with E-state index in [1.165, 1.54) is 6.42 Å². The van der Waals surface area contributed by atoms with E-state index < -0.39 is 0 Å². The lowest BCUT2D eigenvalue weighted by Gasteiger charge is -2.35. The lowest BCUT2D eigenvalue weighted by Crippen LogP contribution is -2.44. The topological polar surface area (TPSA) is 21.7 Å². The standard InChI is InChI=1S/C10H21NO2/c1-4-13-8-9-5-6-11(2)7-10(9)12-3/h9-10H,4-8H2,1-3H3. The maximum absolute atomic E-state index is 5.45. The number of methoxy groups -OCH3 is 1. The smallest absolute Gasteiger partial charge is 0.0748 e. The van der Waals surface area contributed by atoms with Crippen LogP contribution in [0.3, 0.4) is 0 Å². The zero-order valence-corrected chi connectivity index (χ0v) is 8.95. The van der Waals surface area contributed by atoms with Crippen LogP contribution in [-0.2, 0) is 9.47 Å². The normalized spacial score (nSPS) is 30.7. The van der Waals surface area contributed by atoms with Gasteiger partial charge >= 0.3 is 0 Å². The molecule has 2 atom stereocenters. The summed E-state index contributed by atoms with van der Waals surface area (Å²) in [5.74, 6) is 0.584. The van der Waals surface area contributed by atoms with Crippen LogP contribution in [0.5, 0.6) is 0 Å². The lowest BCUT2D eigenvalue weighted by molar-refractivity contribution is -0.0372. The fourth-order valence-corrected chi connectivity index (χ4v) is 1.85. The molecule has 13 heavy (non-hydrogen) atoms. The highest BCUT2D eigenvalue weighted by atomic mass is 16.5. The SMILES string of the molecule is CCOCC1CCN(C)CC1OC. The van der Waals surface area contributed by atoms with Crippen molar-refractivity contribution >= 4 is 0 Å². The van der Waals surface area contributed by atoms with Gasteiger partial charge in [-0.3, -0.25) is 0 Å². The van der Waals surface area contributed by atoms with Crippen LogP contribution in [0, 0.1) is 5.92 Å². The second-order valence-electron chi connectivity index (χ2n) is 3.74. The maximum Gasteiger partial charge on any atom is 0.0748 e. The minimum Gasteiger partial charge on any atom is -0.381 e. The second-order valence-corrected chi connectivity index (χ2v) is 3.74. The van der Waals surface area contributed by atoms with E-state index in [0.29, 0.717) is 12.0 Å². The molecule has 1 heterocycles. The molecule has 3 nitrogen and oxygen atoms in total. The van der Waals surface area contributed by atoms with Crippen LogP contribution in [0.4, 0.5) is 0 Å². The van der Waals surface area contributed by atoms with Crippen LogP contribution in [0.25, 0.3) is 0 Å². The van der Waals surface area contributed by atoms with Gasteiger partial charge in [0.2, 0.25) is 0 Å². The van der Waals surface area contributed by atoms with Gasteiger partial charge < -0.3 is 14.4 Å². The zero-order valence-electron chi connectivity index (χ0n) is 8.95. The second kappa shape index (κ2) is 5.58. The monoisotopic (exact) mass is 187 g/mol. The van der Waals surface area contributed by atoms with Crippen molar-refractivity contribution in [2.75, 3.05) is 40.5 Å². The number of likely N-dealkylation sites (N-methyl/N-ethyl adjacent to an activating group) is 1. The van der Waals surface area contributed by atoms with E-state index in [-0.39, 0.29) is 0 Å². The Kier molecular flexibility index (Phi) is 4.70. The van der Waals surface area contributed by atoms with Gasteiger partial charge in [0.1, 0.15) is 0 Å². The highest BCUT2D eigenvalue weighted by molar-refractivity contribution is 4.79. The first-order valence-corrected chi connectivity index (χ1v) is 5.07. The summed E-state index contributed by atoms with van der Waals surface area (Å²) in [6.07, 6.45) is 1.54. The average molecular weight is 187 g/mol. The number of rotatable bonds is 4. The molecule has 0 aromatic carbocycles. The molecule has 0 spiro atoms. The summed E-state index contributed by atoms with van der Waals surface area (Å²) in [5.41, 5.74) is 0. The molecule has 0 saturated carbocycles. The van der Waals surface area contributed by atoms with Crippen LogP contribution in [0.2, 0.25) is 0 Å². The van der Waals surface area contributed by atoms with Gasteiger partial charge in [0.15, 0.2) is 0 Å². The number of likely N-dealkylation sites (tertiary alicyclic amines) is 1. The molecule has 0 aromatic rings. The lowest BCUT2D eigenvalue weighted by atomic mass is 9.95. The number of piperidine rings is 1. The Labute approximate surface area is 81.0 Å². The third kappa shape index (κ3) is 3.25. The molecule has 1 aliphatic rings. The van der Waals surface area contributed by atoms with Gasteiger partial charge in [0.25, 0.3) is 0 Å². The van der Waals surface area contributed by atoms with Crippen LogP contribution in [0.15, 0.2) is 0 Å². The first kappa shape index (κ1) is 11.0. The molecule has 0 bridgehead atoms. The summed E-state index contributed by atoms with van der Waals surface area (Å²) in [7, 11) is 3.94. The molecule has 1 rings (SSSR count). The minimum atomic E-state index is 0.352. The zero-order chi connectivity index (χ0) is 9.68. The fraction of sp³-hybridized carbons (Fsp3) is 1.00. The predicted octanol–water partition coefficient (Wildman–Crippen LogP) is 0.990. The van der Waals surface area contributed by atoms with Gasteiger partial charge in [0, 0.05) is 26.2 Å². The van der Waals surface area contributed by atoms with Gasteiger partial charge in [-0.15, -0.1) is 0 Å². The third-order valence-electron chi connectivity index (χ3n) is 2.74. The Morgan fingerprint density at radius 3 is 2.85 bits per heavy atom. The third-order valence-corrected chi connectivity index (χ3v) is 2.74.